The van der Waals surface area contributed by atoms with Crippen LogP contribution in [0.2, 0.25) is 0 Å². The Morgan fingerprint density at radius 3 is 1.10 bits per heavy atom. The molecular formula is C108H78N6O2Pt2Si2-6. The number of fused-ring (bicyclic) bond motifs is 7. The molecule has 120 heavy (non-hydrogen) atoms. The fraction of sp³-hybridized carbons (Fsp3) is 0.0370. The number of rotatable bonds is 16. The number of aromatic nitrogens is 2. The van der Waals surface area contributed by atoms with Gasteiger partial charge in [0.25, 0.3) is 0 Å². The standard InChI is InChI=1S/C56H40N3OSi.C52H38N3OSi.2Pt/c1-39-25-29-41(30-26-39)48-20-12-21-49(42-31-27-40(2)28-32-42)56(48)59-38-58(51-22-9-10-23-52(51)59)43-14-11-15-44(36-43)60-45-33-34-53-50(37-45)55-54(24-13-35-57-55)61(53,46-16-5-3-6-17-46)47-18-7-4-8-19-47;1-37-21-25-39(26-22-37)46-18-10-19-47(40-27-23-38(2)24-28-40)52(46)55-33-32-54(36-55)41-12-9-13-42(34-41)56-43-29-30-49-48(35-43)51-50(20-11-31-53-51)57(49,44-14-5-3-6-15-44)45-16-7-4-8-17-45;;/h3-35,38H,1-2H3;3-33,36H,1-2H3;;/q2*-3;;/i1D3,25D,26D,27D,28D,29D,30D,31D,32D;1D3,21D,22D,23D,24D,25D,26D,27D,28D;;. The van der Waals surface area contributed by atoms with Gasteiger partial charge in [0.05, 0.1) is 21.9 Å². The average Bonchev–Trinajstić information content (AvgIpc) is 1.55. The summed E-state index contributed by atoms with van der Waals surface area (Å²) < 4.78 is 204. The van der Waals surface area contributed by atoms with Crippen LogP contribution in [0.4, 0.5) is 34.1 Å². The Hall–Kier alpha value is -13.0. The zero-order valence-corrected chi connectivity index (χ0v) is 70.5. The second kappa shape index (κ2) is 33.4. The Bertz CT molecular complexity index is 7780. The molecule has 0 saturated heterocycles. The maximum atomic E-state index is 9.19. The van der Waals surface area contributed by atoms with Crippen molar-refractivity contribution in [3.8, 4) is 90.0 Å². The van der Waals surface area contributed by atoms with Crippen LogP contribution in [0.15, 0.2) is 388 Å². The molecule has 0 N–H and O–H groups in total. The molecule has 4 aliphatic rings. The maximum absolute atomic E-state index is 9.19. The number of ether oxygens (including phenoxy) is 2. The molecule has 12 heteroatoms. The first kappa shape index (κ1) is 56.4. The van der Waals surface area contributed by atoms with Crippen LogP contribution in [-0.2, 0) is 42.1 Å². The second-order valence-electron chi connectivity index (χ2n) is 28.5. The van der Waals surface area contributed by atoms with Crippen molar-refractivity contribution < 1.29 is 81.8 Å². The van der Waals surface area contributed by atoms with Gasteiger partial charge in [-0.3, -0.25) is 0 Å². The number of benzene rings is 15. The molecule has 0 aliphatic carbocycles. The molecule has 0 bridgehead atoms. The summed E-state index contributed by atoms with van der Waals surface area (Å²) in [5, 5.41) is 9.58. The third-order valence-corrected chi connectivity index (χ3v) is 31.2. The van der Waals surface area contributed by atoms with Crippen molar-refractivity contribution in [3.63, 3.8) is 0 Å². The van der Waals surface area contributed by atoms with Crippen molar-refractivity contribution >= 4 is 91.8 Å². The van der Waals surface area contributed by atoms with Gasteiger partial charge in [0.2, 0.25) is 0 Å². The third kappa shape index (κ3) is 14.2. The van der Waals surface area contributed by atoms with Crippen LogP contribution < -0.4 is 70.6 Å². The van der Waals surface area contributed by atoms with Gasteiger partial charge in [0, 0.05) is 131 Å². The Morgan fingerprint density at radius 1 is 0.317 bits per heavy atom. The van der Waals surface area contributed by atoms with Crippen molar-refractivity contribution in [3.05, 3.63) is 448 Å². The first-order valence-electron chi connectivity index (χ1n) is 49.2. The molecule has 0 radical (unpaired) electrons. The van der Waals surface area contributed by atoms with E-state index in [4.69, 9.17) is 46.9 Å². The summed E-state index contributed by atoms with van der Waals surface area (Å²) in [6, 6.07) is 93.0. The molecule has 17 aromatic rings. The topological polar surface area (TPSA) is 57.2 Å². The quantitative estimate of drug-likeness (QED) is 0.0701. The van der Waals surface area contributed by atoms with E-state index in [1.54, 1.807) is 95.2 Å². The molecule has 0 unspecified atom stereocenters. The zero-order chi connectivity index (χ0) is 98.2. The van der Waals surface area contributed by atoms with E-state index >= 15 is 0 Å². The molecule has 2 aromatic heterocycles. The van der Waals surface area contributed by atoms with Crippen LogP contribution in [0, 0.1) is 65.2 Å². The van der Waals surface area contributed by atoms with E-state index in [0.29, 0.717) is 45.7 Å². The van der Waals surface area contributed by atoms with E-state index in [1.807, 2.05) is 108 Å². The number of para-hydroxylation sites is 4. The van der Waals surface area contributed by atoms with E-state index in [0.717, 1.165) is 32.9 Å². The molecule has 0 spiro atoms. The molecule has 0 atom stereocenters. The first-order chi connectivity index (χ1) is 67.2. The predicted molar refractivity (Wildman–Crippen MR) is 489 cm³/mol. The molecule has 0 fully saturated rings. The smallest absolute Gasteiger partial charge is 0.127 e. The Labute approximate surface area is 764 Å². The number of nitrogens with zero attached hydrogens (tertiary/aromatic N) is 6. The Morgan fingerprint density at radius 2 is 0.675 bits per heavy atom. The summed E-state index contributed by atoms with van der Waals surface area (Å²) in [4.78, 5) is 16.8. The molecule has 15 aromatic carbocycles. The normalized spacial score (nSPS) is 16.1. The van der Waals surface area contributed by atoms with Gasteiger partial charge < -0.3 is 39.0 Å². The monoisotopic (exact) mass is 1960 g/mol. The molecule has 0 saturated carbocycles. The molecule has 4 aliphatic heterocycles. The van der Waals surface area contributed by atoms with E-state index in [-0.39, 0.29) is 157 Å². The number of hydrogen-bond donors (Lipinski definition) is 0. The van der Waals surface area contributed by atoms with Gasteiger partial charge in [-0.25, -0.2) is 0 Å². The van der Waals surface area contributed by atoms with Crippen LogP contribution in [0.1, 0.15) is 52.4 Å². The SMILES string of the molecule is [2H]c1c([2H])c(-c2cccc(-c3c([2H])c([2H])c(C([2H])([2H])[2H])c([2H])c3[2H])c2N2C=CN(c3[c-]c(Oc4[c-]c5c(cc4)[Si](c4ccccc4)(c4ccccc4)c4cccnc4-5)ccc3)[CH-]2)c([2H])c([2H])c1C.[2H]c1c([2H])c(-c2cccc(-c3c([2H])c([2H])c(C([2H])([2H])[2H])c([2H])c3[2H])c2N2[CH-]N(c3[c-]c(Oc4[c-]c5c(cc4)[Si](c4ccccc4)(c4ccccc4)c4cccnc4-5)ccc3)c3ccccc32)c([2H])c([2H])c1C.[Pt].[Pt]. The van der Waals surface area contributed by atoms with Gasteiger partial charge in [0.15, 0.2) is 0 Å². The van der Waals surface area contributed by atoms with Crippen molar-refractivity contribution in [1.29, 1.82) is 0 Å². The minimum Gasteiger partial charge on any atom is -0.503 e. The molecule has 0 amide bonds. The summed E-state index contributed by atoms with van der Waals surface area (Å²) in [5.74, 6) is 1.68. The van der Waals surface area contributed by atoms with Gasteiger partial charge in [-0.05, 0) is 97.9 Å². The van der Waals surface area contributed by atoms with Crippen LogP contribution >= 0.6 is 0 Å². The summed E-state index contributed by atoms with van der Waals surface area (Å²) in [6.45, 7) is 0.540. The summed E-state index contributed by atoms with van der Waals surface area (Å²) >= 11 is 0. The van der Waals surface area contributed by atoms with Gasteiger partial charge >= 0.3 is 0 Å². The van der Waals surface area contributed by atoms with Crippen LogP contribution in [-0.4, -0.2) is 26.1 Å². The zero-order valence-electron chi connectivity index (χ0n) is 86.0. The van der Waals surface area contributed by atoms with Crippen molar-refractivity contribution in [1.82, 2.24) is 9.97 Å². The summed E-state index contributed by atoms with van der Waals surface area (Å²) in [5.41, 5.74) is 5.23. The minimum atomic E-state index is -2.95. The predicted octanol–water partition coefficient (Wildman–Crippen LogP) is 20.9. The van der Waals surface area contributed by atoms with Crippen LogP contribution in [0.5, 0.6) is 23.0 Å². The van der Waals surface area contributed by atoms with E-state index in [2.05, 4.69) is 146 Å². The van der Waals surface area contributed by atoms with Crippen molar-refractivity contribution in [2.45, 2.75) is 27.6 Å². The van der Waals surface area contributed by atoms with Gasteiger partial charge in [0.1, 0.15) is 16.1 Å². The second-order valence-corrected chi connectivity index (χ2v) is 35.9. The molecular weight excluding hydrogens is 1860 g/mol. The largest absolute Gasteiger partial charge is 0.503 e. The fourth-order valence-corrected chi connectivity index (χ4v) is 26.5. The number of anilines is 6. The Kier molecular flexibility index (Phi) is 15.7. The van der Waals surface area contributed by atoms with Crippen LogP contribution in [0.3, 0.4) is 0 Å². The van der Waals surface area contributed by atoms with Gasteiger partial charge in [-0.2, -0.15) is 12.1 Å². The summed E-state index contributed by atoms with van der Waals surface area (Å²) in [7, 11) is -5.57. The summed E-state index contributed by atoms with van der Waals surface area (Å²) in [6.07, 6.45) is 6.99. The van der Waals surface area contributed by atoms with Gasteiger partial charge in [-0.15, -0.1) is 107 Å². The Balaban J connectivity index is 0.000000185. The van der Waals surface area contributed by atoms with E-state index < -0.39 is 89.3 Å². The van der Waals surface area contributed by atoms with Crippen molar-refractivity contribution in [2.75, 3.05) is 19.6 Å². The van der Waals surface area contributed by atoms with Gasteiger partial charge in [-0.1, -0.05) is 344 Å². The molecule has 586 valence electrons. The van der Waals surface area contributed by atoms with E-state index in [1.165, 1.54) is 45.0 Å². The molecule has 6 heterocycles. The maximum Gasteiger partial charge on any atom is 0.127 e. The average molecular weight is 1960 g/mol. The molecule has 8 nitrogen and oxygen atoms in total. The fourth-order valence-electron chi connectivity index (χ4n) is 16.5. The van der Waals surface area contributed by atoms with E-state index in [9.17, 15) is 2.74 Å². The minimum absolute atomic E-state index is 0. The first-order valence-corrected chi connectivity index (χ1v) is 42.2. The number of hydrogen-bond acceptors (Lipinski definition) is 8. The third-order valence-electron chi connectivity index (χ3n) is 21.5. The van der Waals surface area contributed by atoms with Crippen LogP contribution in [0.25, 0.3) is 67.0 Å². The molecule has 21 rings (SSSR count). The van der Waals surface area contributed by atoms with Crippen molar-refractivity contribution in [2.24, 2.45) is 0 Å². The number of pyridine rings is 2.